The standard InChI is InChI=1S/C10H14IN3O/c1-7(2)10(15)4-14(5-10)9-8(11)3-12-6-13-9/h3,6-7,15H,4-5H2,1-2H3. The number of rotatable bonds is 2. The Morgan fingerprint density at radius 1 is 1.53 bits per heavy atom. The lowest BCUT2D eigenvalue weighted by Crippen LogP contribution is -2.65. The highest BCUT2D eigenvalue weighted by Crippen LogP contribution is 2.33. The first-order valence-electron chi connectivity index (χ1n) is 4.96. The van der Waals surface area contributed by atoms with E-state index in [2.05, 4.69) is 37.5 Å². The number of hydrogen-bond acceptors (Lipinski definition) is 4. The van der Waals surface area contributed by atoms with Crippen LogP contribution in [0.1, 0.15) is 13.8 Å². The number of hydrogen-bond donors (Lipinski definition) is 1. The predicted octanol–water partition coefficient (Wildman–Crippen LogP) is 1.29. The van der Waals surface area contributed by atoms with E-state index >= 15 is 0 Å². The summed E-state index contributed by atoms with van der Waals surface area (Å²) in [6.07, 6.45) is 3.33. The van der Waals surface area contributed by atoms with Gasteiger partial charge in [-0.25, -0.2) is 9.97 Å². The van der Waals surface area contributed by atoms with Gasteiger partial charge in [0.1, 0.15) is 17.7 Å². The molecule has 15 heavy (non-hydrogen) atoms. The fourth-order valence-electron chi connectivity index (χ4n) is 1.67. The number of nitrogens with zero attached hydrogens (tertiary/aromatic N) is 3. The zero-order valence-corrected chi connectivity index (χ0v) is 11.0. The molecule has 2 rings (SSSR count). The van der Waals surface area contributed by atoms with Crippen molar-refractivity contribution in [3.05, 3.63) is 16.1 Å². The maximum absolute atomic E-state index is 10.1. The molecular weight excluding hydrogens is 305 g/mol. The zero-order chi connectivity index (χ0) is 11.1. The predicted molar refractivity (Wildman–Crippen MR) is 66.7 cm³/mol. The van der Waals surface area contributed by atoms with E-state index in [1.54, 1.807) is 12.5 Å². The minimum atomic E-state index is -0.548. The van der Waals surface area contributed by atoms with Crippen molar-refractivity contribution in [2.24, 2.45) is 5.92 Å². The molecule has 1 saturated heterocycles. The lowest BCUT2D eigenvalue weighted by molar-refractivity contribution is -0.0305. The van der Waals surface area contributed by atoms with Crippen molar-refractivity contribution in [1.29, 1.82) is 0 Å². The normalized spacial score (nSPS) is 19.1. The summed E-state index contributed by atoms with van der Waals surface area (Å²) in [5.41, 5.74) is -0.548. The van der Waals surface area contributed by atoms with E-state index in [1.807, 2.05) is 13.8 Å². The van der Waals surface area contributed by atoms with Gasteiger partial charge in [0.25, 0.3) is 0 Å². The van der Waals surface area contributed by atoms with E-state index in [0.717, 1.165) is 9.39 Å². The Kier molecular flexibility index (Phi) is 2.85. The van der Waals surface area contributed by atoms with Crippen molar-refractivity contribution in [1.82, 2.24) is 9.97 Å². The van der Waals surface area contributed by atoms with Gasteiger partial charge in [-0.2, -0.15) is 0 Å². The van der Waals surface area contributed by atoms with Crippen LogP contribution in [-0.4, -0.2) is 33.8 Å². The van der Waals surface area contributed by atoms with Crippen LogP contribution < -0.4 is 4.90 Å². The SMILES string of the molecule is CC(C)C1(O)CN(c2ncncc2I)C1. The molecule has 0 radical (unpaired) electrons. The lowest BCUT2D eigenvalue weighted by atomic mass is 9.83. The number of aliphatic hydroxyl groups is 1. The topological polar surface area (TPSA) is 49.2 Å². The number of anilines is 1. The molecule has 1 N–H and O–H groups in total. The van der Waals surface area contributed by atoms with Crippen molar-refractivity contribution in [3.8, 4) is 0 Å². The molecule has 0 atom stereocenters. The Labute approximate surface area is 103 Å². The Morgan fingerprint density at radius 3 is 2.73 bits per heavy atom. The first-order valence-corrected chi connectivity index (χ1v) is 6.03. The molecule has 82 valence electrons. The largest absolute Gasteiger partial charge is 0.386 e. The van der Waals surface area contributed by atoms with E-state index in [9.17, 15) is 5.11 Å². The highest BCUT2D eigenvalue weighted by atomic mass is 127. The third kappa shape index (κ3) is 1.94. The van der Waals surface area contributed by atoms with Crippen molar-refractivity contribution >= 4 is 28.4 Å². The van der Waals surface area contributed by atoms with Crippen LogP contribution >= 0.6 is 22.6 Å². The van der Waals surface area contributed by atoms with E-state index in [1.165, 1.54) is 0 Å². The van der Waals surface area contributed by atoms with Gasteiger partial charge in [-0.3, -0.25) is 0 Å². The Bertz CT molecular complexity index is 363. The molecule has 0 saturated carbocycles. The van der Waals surface area contributed by atoms with Gasteiger partial charge < -0.3 is 10.0 Å². The molecule has 5 heteroatoms. The fraction of sp³-hybridized carbons (Fsp3) is 0.600. The van der Waals surface area contributed by atoms with Crippen LogP contribution in [0.3, 0.4) is 0 Å². The average Bonchev–Trinajstić information content (AvgIpc) is 2.14. The Hall–Kier alpha value is -0.430. The van der Waals surface area contributed by atoms with E-state index in [4.69, 9.17) is 0 Å². The van der Waals surface area contributed by atoms with E-state index in [-0.39, 0.29) is 5.92 Å². The molecule has 0 amide bonds. The quantitative estimate of drug-likeness (QED) is 0.835. The maximum Gasteiger partial charge on any atom is 0.145 e. The van der Waals surface area contributed by atoms with Crippen molar-refractivity contribution < 1.29 is 5.11 Å². The van der Waals surface area contributed by atoms with Gasteiger partial charge in [-0.05, 0) is 28.5 Å². The molecular formula is C10H14IN3O. The van der Waals surface area contributed by atoms with Gasteiger partial charge in [-0.1, -0.05) is 13.8 Å². The second-order valence-electron chi connectivity index (χ2n) is 4.31. The molecule has 0 unspecified atom stereocenters. The van der Waals surface area contributed by atoms with Crippen LogP contribution in [0, 0.1) is 9.49 Å². The van der Waals surface area contributed by atoms with Gasteiger partial charge in [0.2, 0.25) is 0 Å². The first kappa shape index (κ1) is 11.1. The number of aromatic nitrogens is 2. The third-order valence-corrected chi connectivity index (χ3v) is 3.71. The molecule has 1 aliphatic heterocycles. The molecule has 2 heterocycles. The summed E-state index contributed by atoms with van der Waals surface area (Å²) < 4.78 is 1.03. The van der Waals surface area contributed by atoms with E-state index < -0.39 is 5.60 Å². The van der Waals surface area contributed by atoms with Crippen molar-refractivity contribution in [3.63, 3.8) is 0 Å². The summed E-state index contributed by atoms with van der Waals surface area (Å²) in [5.74, 6) is 1.21. The molecule has 0 bridgehead atoms. The molecule has 0 spiro atoms. The molecule has 0 aromatic carbocycles. The average molecular weight is 319 g/mol. The van der Waals surface area contributed by atoms with Crippen LogP contribution in [-0.2, 0) is 0 Å². The number of halogens is 1. The monoisotopic (exact) mass is 319 g/mol. The first-order chi connectivity index (χ1) is 7.03. The second kappa shape index (κ2) is 3.86. The summed E-state index contributed by atoms with van der Waals surface area (Å²) in [6, 6.07) is 0. The molecule has 4 nitrogen and oxygen atoms in total. The summed E-state index contributed by atoms with van der Waals surface area (Å²) in [7, 11) is 0. The van der Waals surface area contributed by atoms with Crippen LogP contribution in [0.15, 0.2) is 12.5 Å². The lowest BCUT2D eigenvalue weighted by Gasteiger charge is -2.49. The van der Waals surface area contributed by atoms with Gasteiger partial charge in [0.05, 0.1) is 16.7 Å². The number of β-amino-alcohol motifs (C(OH)–C–C–N with tert-alkyl or cyclic N) is 1. The highest BCUT2D eigenvalue weighted by Gasteiger charge is 2.44. The van der Waals surface area contributed by atoms with Crippen molar-refractivity contribution in [2.75, 3.05) is 18.0 Å². The smallest absolute Gasteiger partial charge is 0.145 e. The van der Waals surface area contributed by atoms with E-state index in [0.29, 0.717) is 13.1 Å². The minimum absolute atomic E-state index is 0.285. The summed E-state index contributed by atoms with van der Waals surface area (Å²) >= 11 is 2.21. The zero-order valence-electron chi connectivity index (χ0n) is 8.81. The summed E-state index contributed by atoms with van der Waals surface area (Å²) in [5, 5.41) is 10.1. The molecule has 1 fully saturated rings. The Balaban J connectivity index is 2.10. The van der Waals surface area contributed by atoms with Gasteiger partial charge in [0.15, 0.2) is 0 Å². The molecule has 1 aromatic rings. The van der Waals surface area contributed by atoms with Crippen LogP contribution in [0.5, 0.6) is 0 Å². The highest BCUT2D eigenvalue weighted by molar-refractivity contribution is 14.1. The molecule has 0 aliphatic carbocycles. The van der Waals surface area contributed by atoms with Gasteiger partial charge >= 0.3 is 0 Å². The fourth-order valence-corrected chi connectivity index (χ4v) is 2.31. The summed E-state index contributed by atoms with van der Waals surface area (Å²) in [6.45, 7) is 5.42. The molecule has 1 aliphatic rings. The van der Waals surface area contributed by atoms with Crippen LogP contribution in [0.2, 0.25) is 0 Å². The molecule has 1 aromatic heterocycles. The summed E-state index contributed by atoms with van der Waals surface area (Å²) in [4.78, 5) is 10.3. The third-order valence-electron chi connectivity index (χ3n) is 2.95. The van der Waals surface area contributed by atoms with Gasteiger partial charge in [-0.15, -0.1) is 0 Å². The van der Waals surface area contributed by atoms with Crippen LogP contribution in [0.25, 0.3) is 0 Å². The second-order valence-corrected chi connectivity index (χ2v) is 5.47. The van der Waals surface area contributed by atoms with Crippen LogP contribution in [0.4, 0.5) is 5.82 Å². The minimum Gasteiger partial charge on any atom is -0.386 e. The van der Waals surface area contributed by atoms with Gasteiger partial charge in [0, 0.05) is 6.20 Å². The van der Waals surface area contributed by atoms with Crippen molar-refractivity contribution in [2.45, 2.75) is 19.4 Å². The maximum atomic E-state index is 10.1. The Morgan fingerprint density at radius 2 is 2.20 bits per heavy atom.